The van der Waals surface area contributed by atoms with Crippen LogP contribution >= 0.6 is 0 Å². The lowest BCUT2D eigenvalue weighted by Crippen LogP contribution is -2.14. The summed E-state index contributed by atoms with van der Waals surface area (Å²) < 4.78 is 14.0. The first-order valence-electron chi connectivity index (χ1n) is 29.7. The highest BCUT2D eigenvalue weighted by atomic mass is 15.1. The third-order valence-corrected chi connectivity index (χ3v) is 18.6. The molecule has 8 heteroatoms. The van der Waals surface area contributed by atoms with E-state index in [2.05, 4.69) is 313 Å². The first kappa shape index (κ1) is 48.1. The van der Waals surface area contributed by atoms with Gasteiger partial charge in [-0.2, -0.15) is 5.26 Å². The second-order valence-electron chi connectivity index (χ2n) is 22.9. The van der Waals surface area contributed by atoms with Gasteiger partial charge >= 0.3 is 0 Å². The van der Waals surface area contributed by atoms with Crippen molar-refractivity contribution in [1.29, 1.82) is 5.26 Å². The summed E-state index contributed by atoms with van der Waals surface area (Å²) in [6.07, 6.45) is 0. The molecule has 0 atom stereocenters. The molecule has 0 fully saturated rings. The van der Waals surface area contributed by atoms with Crippen LogP contribution in [0.3, 0.4) is 0 Å². The molecular formula is C80H46N8. The topological polar surface area (TPSA) is 57.7 Å². The fourth-order valence-corrected chi connectivity index (χ4v) is 15.1. The Morgan fingerprint density at radius 3 is 0.807 bits per heavy atom. The minimum absolute atomic E-state index is 0.333. The second kappa shape index (κ2) is 18.1. The number of fused-ring (bicyclic) bond motifs is 18. The van der Waals surface area contributed by atoms with Crippen molar-refractivity contribution in [1.82, 2.24) is 27.4 Å². The average Bonchev–Trinajstić information content (AvgIpc) is 1.47. The molecule has 0 spiro atoms. The van der Waals surface area contributed by atoms with E-state index in [4.69, 9.17) is 4.85 Å². The van der Waals surface area contributed by atoms with E-state index < -0.39 is 0 Å². The van der Waals surface area contributed by atoms with Crippen molar-refractivity contribution >= 4 is 137 Å². The second-order valence-corrected chi connectivity index (χ2v) is 22.9. The Morgan fingerprint density at radius 2 is 0.489 bits per heavy atom. The van der Waals surface area contributed by atoms with Gasteiger partial charge in [0.15, 0.2) is 0 Å². The van der Waals surface area contributed by atoms with Gasteiger partial charge in [-0.05, 0) is 97.1 Å². The monoisotopic (exact) mass is 1120 g/mol. The van der Waals surface area contributed by atoms with E-state index >= 15 is 0 Å². The Balaban J connectivity index is 1.09. The summed E-state index contributed by atoms with van der Waals surface area (Å²) in [4.78, 5) is 4.92. The van der Waals surface area contributed by atoms with Crippen LogP contribution in [0.25, 0.3) is 170 Å². The Labute approximate surface area is 502 Å². The van der Waals surface area contributed by atoms with Gasteiger partial charge < -0.3 is 27.4 Å². The number of nitriles is 1. The molecule has 13 aromatic carbocycles. The van der Waals surface area contributed by atoms with Gasteiger partial charge in [0.25, 0.3) is 0 Å². The van der Waals surface area contributed by atoms with Crippen LogP contribution in [-0.2, 0) is 0 Å². The molecular weight excluding hydrogens is 1070 g/mol. The van der Waals surface area contributed by atoms with E-state index in [9.17, 15) is 11.8 Å². The Bertz CT molecular complexity index is 6060. The minimum atomic E-state index is 0.333. The zero-order chi connectivity index (χ0) is 57.9. The van der Waals surface area contributed by atoms with Crippen LogP contribution in [0.4, 0.5) is 5.69 Å². The molecule has 6 heterocycles. The molecule has 0 amide bonds. The molecule has 0 aliphatic carbocycles. The zero-order valence-corrected chi connectivity index (χ0v) is 47.1. The van der Waals surface area contributed by atoms with E-state index in [0.717, 1.165) is 142 Å². The predicted octanol–water partition coefficient (Wildman–Crippen LogP) is 20.7. The highest BCUT2D eigenvalue weighted by Gasteiger charge is 2.35. The maximum Gasteiger partial charge on any atom is 0.237 e. The first-order chi connectivity index (χ1) is 43.7. The molecule has 8 nitrogen and oxygen atoms in total. The molecule has 0 saturated carbocycles. The number of para-hydroxylation sites is 10. The summed E-state index contributed by atoms with van der Waals surface area (Å²) in [6, 6.07) is 102. The minimum Gasteiger partial charge on any atom is -0.317 e. The van der Waals surface area contributed by atoms with Crippen molar-refractivity contribution in [2.75, 3.05) is 0 Å². The number of rotatable bonds is 6. The molecule has 0 N–H and O–H groups in total. The molecule has 19 aromatic rings. The summed E-state index contributed by atoms with van der Waals surface area (Å²) in [7, 11) is 0. The molecule has 0 aliphatic rings. The van der Waals surface area contributed by atoms with Crippen molar-refractivity contribution in [3.63, 3.8) is 0 Å². The van der Waals surface area contributed by atoms with Crippen LogP contribution in [0.5, 0.6) is 0 Å². The summed E-state index contributed by atoms with van der Waals surface area (Å²) in [6.45, 7) is 10.1. The van der Waals surface area contributed by atoms with Crippen molar-refractivity contribution in [2.45, 2.75) is 0 Å². The van der Waals surface area contributed by atoms with Crippen LogP contribution in [0, 0.1) is 17.9 Å². The fourth-order valence-electron chi connectivity index (χ4n) is 15.1. The van der Waals surface area contributed by atoms with Crippen LogP contribution in [0.1, 0.15) is 5.56 Å². The van der Waals surface area contributed by atoms with Gasteiger partial charge in [0.1, 0.15) is 6.07 Å². The van der Waals surface area contributed by atoms with Gasteiger partial charge in [0, 0.05) is 76.0 Å². The van der Waals surface area contributed by atoms with E-state index in [1.54, 1.807) is 0 Å². The van der Waals surface area contributed by atoms with E-state index in [1.165, 1.54) is 0 Å². The van der Waals surface area contributed by atoms with Crippen molar-refractivity contribution < 1.29 is 0 Å². The van der Waals surface area contributed by atoms with Crippen molar-refractivity contribution in [3.8, 4) is 40.2 Å². The Hall–Kier alpha value is -12.4. The normalized spacial score (nSPS) is 12.1. The van der Waals surface area contributed by atoms with Crippen LogP contribution in [0.15, 0.2) is 279 Å². The number of aromatic nitrogens is 6. The van der Waals surface area contributed by atoms with Crippen LogP contribution in [-0.4, -0.2) is 27.4 Å². The summed E-state index contributed by atoms with van der Waals surface area (Å²) in [5, 5.41) is 25.8. The molecule has 6 aromatic heterocycles. The largest absolute Gasteiger partial charge is 0.317 e. The average molecular weight is 1120 g/mol. The predicted molar refractivity (Wildman–Crippen MR) is 363 cm³/mol. The third kappa shape index (κ3) is 6.34. The highest BCUT2D eigenvalue weighted by molar-refractivity contribution is 6.23. The van der Waals surface area contributed by atoms with Gasteiger partial charge in [-0.3, -0.25) is 0 Å². The van der Waals surface area contributed by atoms with Gasteiger partial charge in [-0.1, -0.05) is 182 Å². The maximum atomic E-state index is 13.0. The van der Waals surface area contributed by atoms with E-state index in [0.29, 0.717) is 34.0 Å². The lowest BCUT2D eigenvalue weighted by molar-refractivity contribution is 1.03. The quantitative estimate of drug-likeness (QED) is 0.153. The van der Waals surface area contributed by atoms with Crippen LogP contribution < -0.4 is 0 Å². The maximum absolute atomic E-state index is 13.0. The Morgan fingerprint density at radius 1 is 0.239 bits per heavy atom. The Kier molecular flexibility index (Phi) is 9.87. The smallest absolute Gasteiger partial charge is 0.237 e. The van der Waals surface area contributed by atoms with Gasteiger partial charge in [-0.25, -0.2) is 4.85 Å². The number of hydrogen-bond acceptors (Lipinski definition) is 1. The van der Waals surface area contributed by atoms with E-state index in [1.807, 2.05) is 0 Å². The highest BCUT2D eigenvalue weighted by Crippen LogP contribution is 2.53. The molecule has 88 heavy (non-hydrogen) atoms. The number of benzene rings is 13. The summed E-state index contributed by atoms with van der Waals surface area (Å²) in [5.41, 5.74) is 16.8. The number of nitrogens with zero attached hydrogens (tertiary/aromatic N) is 8. The molecule has 0 bridgehead atoms. The third-order valence-electron chi connectivity index (χ3n) is 18.6. The molecule has 0 radical (unpaired) electrons. The van der Waals surface area contributed by atoms with Gasteiger partial charge in [-0.15, -0.1) is 0 Å². The lowest BCUT2D eigenvalue weighted by Gasteiger charge is -2.27. The molecule has 406 valence electrons. The zero-order valence-electron chi connectivity index (χ0n) is 47.1. The van der Waals surface area contributed by atoms with Crippen molar-refractivity contribution in [2.24, 2.45) is 0 Å². The lowest BCUT2D eigenvalue weighted by atomic mass is 10.0. The molecule has 0 aliphatic heterocycles. The van der Waals surface area contributed by atoms with Crippen LogP contribution in [0.2, 0.25) is 0 Å². The first-order valence-corrected chi connectivity index (χ1v) is 29.7. The molecule has 19 rings (SSSR count). The SMILES string of the molecule is [C-]#[N+]c1c(-n2c3ccccc3c3cc4c5ccccc5n(-c5ccccc5)c4cc32)c(C#N)c(-n2c3ccccc3c3ccccc32)c(-n2c3ccccc3c3cc4c5ccccc5n(-c5ccccc5)c4cc32)c1-n1c2ccccc2c2ccccc21. The molecule has 0 unspecified atom stereocenters. The van der Waals surface area contributed by atoms with E-state index in [-0.39, 0.29) is 0 Å². The fraction of sp³-hybridized carbons (Fsp3) is 0. The standard InChI is InChI=1S/C80H46N8/c1-82-76-77(87-70-42-22-14-34-57(70)61-44-59-55-32-12-16-36-64(55)83(72(59)46-74(61)87)49-24-4-2-5-25-49)63(48-81)78(85-66-38-18-8-28-51(66)52-29-9-19-39-67(52)85)80(79(76)86-68-40-20-10-30-53(68)54-31-11-21-41-69(54)86)88-71-43-23-15-35-58(71)62-45-60-56-33-13-17-37-65(56)84(73(60)47-75(62)88)50-26-6-3-7-27-50/h2-47H. The van der Waals surface area contributed by atoms with Gasteiger partial charge in [0.2, 0.25) is 5.69 Å². The van der Waals surface area contributed by atoms with Gasteiger partial charge in [0.05, 0.1) is 101 Å². The molecule has 0 saturated heterocycles. The van der Waals surface area contributed by atoms with Crippen molar-refractivity contribution in [3.05, 3.63) is 296 Å². The summed E-state index contributed by atoms with van der Waals surface area (Å²) >= 11 is 0. The summed E-state index contributed by atoms with van der Waals surface area (Å²) in [5.74, 6) is 0. The number of hydrogen-bond donors (Lipinski definition) is 0.